The van der Waals surface area contributed by atoms with Gasteiger partial charge in [0.1, 0.15) is 5.52 Å². The molecule has 2 aliphatic rings. The highest BCUT2D eigenvalue weighted by molar-refractivity contribution is 5.69. The van der Waals surface area contributed by atoms with Gasteiger partial charge in [-0.25, -0.2) is 9.50 Å². The van der Waals surface area contributed by atoms with Crippen molar-refractivity contribution in [2.75, 3.05) is 44.2 Å². The number of aromatic nitrogens is 3. The van der Waals surface area contributed by atoms with E-state index in [0.717, 1.165) is 50.6 Å². The summed E-state index contributed by atoms with van der Waals surface area (Å²) in [5, 5.41) is 11.6. The molecule has 6 heteroatoms. The van der Waals surface area contributed by atoms with Crippen molar-refractivity contribution in [3.05, 3.63) is 24.2 Å². The molecule has 2 N–H and O–H groups in total. The average molecular weight is 286 g/mol. The molecule has 0 unspecified atom stereocenters. The normalized spacial score (nSPS) is 21.0. The Kier molecular flexibility index (Phi) is 3.48. The maximum atomic E-state index is 4.71. The molecule has 1 aliphatic heterocycles. The van der Waals surface area contributed by atoms with Gasteiger partial charge in [0.2, 0.25) is 0 Å². The molecule has 1 aliphatic carbocycles. The van der Waals surface area contributed by atoms with Gasteiger partial charge in [-0.2, -0.15) is 5.10 Å². The molecule has 4 rings (SSSR count). The van der Waals surface area contributed by atoms with Crippen LogP contribution in [0, 0.1) is 0 Å². The van der Waals surface area contributed by atoms with Crippen molar-refractivity contribution < 1.29 is 0 Å². The molecule has 0 bridgehead atoms. The summed E-state index contributed by atoms with van der Waals surface area (Å²) in [5.41, 5.74) is 2.36. The van der Waals surface area contributed by atoms with Crippen molar-refractivity contribution in [3.8, 4) is 0 Å². The maximum absolute atomic E-state index is 4.71. The van der Waals surface area contributed by atoms with Crippen LogP contribution in [0.3, 0.4) is 0 Å². The molecule has 0 radical (unpaired) electrons. The van der Waals surface area contributed by atoms with Gasteiger partial charge in [0.15, 0.2) is 5.82 Å². The van der Waals surface area contributed by atoms with E-state index in [1.165, 1.54) is 18.5 Å². The Morgan fingerprint density at radius 2 is 1.81 bits per heavy atom. The molecule has 3 heterocycles. The summed E-state index contributed by atoms with van der Waals surface area (Å²) in [6, 6.07) is 2.23. The van der Waals surface area contributed by atoms with Crippen molar-refractivity contribution in [3.63, 3.8) is 0 Å². The summed E-state index contributed by atoms with van der Waals surface area (Å²) >= 11 is 0. The smallest absolute Gasteiger partial charge is 0.154 e. The number of nitrogens with one attached hydrogen (secondary N) is 2. The largest absolute Gasteiger partial charge is 0.352 e. The second-order valence-electron chi connectivity index (χ2n) is 5.91. The van der Waals surface area contributed by atoms with Crippen molar-refractivity contribution in [2.45, 2.75) is 18.8 Å². The first-order valence-corrected chi connectivity index (χ1v) is 7.92. The van der Waals surface area contributed by atoms with Crippen LogP contribution >= 0.6 is 0 Å². The van der Waals surface area contributed by atoms with Gasteiger partial charge in [-0.05, 0) is 18.9 Å². The van der Waals surface area contributed by atoms with Crippen LogP contribution in [-0.2, 0) is 0 Å². The summed E-state index contributed by atoms with van der Waals surface area (Å²) in [6.45, 7) is 6.02. The van der Waals surface area contributed by atoms with E-state index in [9.17, 15) is 0 Å². The van der Waals surface area contributed by atoms with Gasteiger partial charge in [-0.15, -0.1) is 0 Å². The molecule has 21 heavy (non-hydrogen) atoms. The topological polar surface area (TPSA) is 57.5 Å². The standard InChI is InChI=1S/C15H22N6/c1-2-12(1)13-11-14-15(18-7-10-21(14)19-13)20-8-5-16-3-4-17-6-9-20/h7,10-12,16-17H,1-6,8-9H2. The van der Waals surface area contributed by atoms with E-state index in [4.69, 9.17) is 5.10 Å². The number of rotatable bonds is 2. The van der Waals surface area contributed by atoms with Crippen molar-refractivity contribution in [2.24, 2.45) is 0 Å². The maximum Gasteiger partial charge on any atom is 0.154 e. The number of fused-ring (bicyclic) bond motifs is 1. The predicted molar refractivity (Wildman–Crippen MR) is 82.9 cm³/mol. The van der Waals surface area contributed by atoms with Gasteiger partial charge < -0.3 is 15.5 Å². The third-order valence-electron chi connectivity index (χ3n) is 4.28. The van der Waals surface area contributed by atoms with Gasteiger partial charge in [0.05, 0.1) is 5.69 Å². The summed E-state index contributed by atoms with van der Waals surface area (Å²) in [5.74, 6) is 1.74. The fourth-order valence-electron chi connectivity index (χ4n) is 2.93. The molecule has 1 saturated carbocycles. The van der Waals surface area contributed by atoms with E-state index in [2.05, 4.69) is 26.6 Å². The number of hydrogen-bond donors (Lipinski definition) is 2. The molecule has 0 atom stereocenters. The zero-order valence-corrected chi connectivity index (χ0v) is 12.3. The summed E-state index contributed by atoms with van der Waals surface area (Å²) in [6.07, 6.45) is 6.38. The van der Waals surface area contributed by atoms with E-state index < -0.39 is 0 Å². The molecule has 1 saturated heterocycles. The Balaban J connectivity index is 1.66. The Hall–Kier alpha value is -1.66. The third-order valence-corrected chi connectivity index (χ3v) is 4.28. The SMILES string of the molecule is c1cn2nc(C3CC3)cc2c(N2CCNCCNCC2)n1. The first kappa shape index (κ1) is 13.0. The summed E-state index contributed by atoms with van der Waals surface area (Å²) in [4.78, 5) is 7.00. The zero-order chi connectivity index (χ0) is 14.1. The molecule has 0 aromatic carbocycles. The lowest BCUT2D eigenvalue weighted by atomic mass is 10.3. The fourth-order valence-corrected chi connectivity index (χ4v) is 2.93. The number of hydrogen-bond acceptors (Lipinski definition) is 5. The first-order chi connectivity index (χ1) is 10.4. The van der Waals surface area contributed by atoms with Crippen LogP contribution in [0.1, 0.15) is 24.5 Å². The quantitative estimate of drug-likeness (QED) is 0.847. The van der Waals surface area contributed by atoms with Crippen molar-refractivity contribution in [1.82, 2.24) is 25.2 Å². The molecule has 2 aromatic rings. The second-order valence-corrected chi connectivity index (χ2v) is 5.91. The molecule has 112 valence electrons. The van der Waals surface area contributed by atoms with E-state index in [1.54, 1.807) is 0 Å². The summed E-state index contributed by atoms with van der Waals surface area (Å²) < 4.78 is 1.99. The van der Waals surface area contributed by atoms with Crippen molar-refractivity contribution in [1.29, 1.82) is 0 Å². The lowest BCUT2D eigenvalue weighted by Gasteiger charge is -2.23. The third kappa shape index (κ3) is 2.73. The molecule has 0 spiro atoms. The first-order valence-electron chi connectivity index (χ1n) is 7.92. The van der Waals surface area contributed by atoms with E-state index >= 15 is 0 Å². The molecule has 2 aromatic heterocycles. The number of nitrogens with zero attached hydrogens (tertiary/aromatic N) is 4. The van der Waals surface area contributed by atoms with Crippen LogP contribution in [0.4, 0.5) is 5.82 Å². The zero-order valence-electron chi connectivity index (χ0n) is 12.3. The minimum Gasteiger partial charge on any atom is -0.352 e. The highest BCUT2D eigenvalue weighted by Crippen LogP contribution is 2.40. The minimum atomic E-state index is 0.677. The van der Waals surface area contributed by atoms with Gasteiger partial charge >= 0.3 is 0 Å². The van der Waals surface area contributed by atoms with Crippen LogP contribution in [0.25, 0.3) is 5.52 Å². The van der Waals surface area contributed by atoms with E-state index in [0.29, 0.717) is 5.92 Å². The Bertz CT molecular complexity index is 608. The molecule has 6 nitrogen and oxygen atoms in total. The molecular formula is C15H22N6. The van der Waals surface area contributed by atoms with Gasteiger partial charge in [-0.3, -0.25) is 0 Å². The van der Waals surface area contributed by atoms with Crippen LogP contribution in [-0.4, -0.2) is 53.9 Å². The Morgan fingerprint density at radius 1 is 1.05 bits per heavy atom. The molecule has 2 fully saturated rings. The van der Waals surface area contributed by atoms with Crippen molar-refractivity contribution >= 4 is 11.3 Å². The summed E-state index contributed by atoms with van der Waals surface area (Å²) in [7, 11) is 0. The predicted octanol–water partition coefficient (Wildman–Crippen LogP) is 0.606. The Morgan fingerprint density at radius 3 is 2.52 bits per heavy atom. The fraction of sp³-hybridized carbons (Fsp3) is 0.600. The van der Waals surface area contributed by atoms with Gasteiger partial charge in [-0.1, -0.05) is 0 Å². The molecule has 0 amide bonds. The van der Waals surface area contributed by atoms with Crippen LogP contribution < -0.4 is 15.5 Å². The van der Waals surface area contributed by atoms with Gasteiger partial charge in [0, 0.05) is 57.6 Å². The van der Waals surface area contributed by atoms with Gasteiger partial charge in [0.25, 0.3) is 0 Å². The lowest BCUT2D eigenvalue weighted by Crippen LogP contribution is -2.34. The number of anilines is 1. The average Bonchev–Trinajstić information content (AvgIpc) is 3.23. The highest BCUT2D eigenvalue weighted by atomic mass is 15.3. The van der Waals surface area contributed by atoms with E-state index in [1.807, 2.05) is 16.9 Å². The highest BCUT2D eigenvalue weighted by Gasteiger charge is 2.27. The van der Waals surface area contributed by atoms with Crippen LogP contribution in [0.2, 0.25) is 0 Å². The minimum absolute atomic E-state index is 0.677. The monoisotopic (exact) mass is 286 g/mol. The van der Waals surface area contributed by atoms with E-state index in [-0.39, 0.29) is 0 Å². The van der Waals surface area contributed by atoms with Crippen LogP contribution in [0.15, 0.2) is 18.5 Å². The molecular weight excluding hydrogens is 264 g/mol. The lowest BCUT2D eigenvalue weighted by molar-refractivity contribution is 0.652. The van der Waals surface area contributed by atoms with Crippen LogP contribution in [0.5, 0.6) is 0 Å². The second kappa shape index (κ2) is 5.61. The Labute approximate surface area is 124 Å².